The first-order chi connectivity index (χ1) is 13.0. The van der Waals surface area contributed by atoms with Crippen molar-refractivity contribution in [2.45, 2.75) is 0 Å². The molecule has 3 rings (SSSR count). The molecule has 0 aliphatic heterocycles. The van der Waals surface area contributed by atoms with Crippen LogP contribution >= 0.6 is 0 Å². The van der Waals surface area contributed by atoms with Crippen LogP contribution in [0, 0.1) is 5.82 Å². The lowest BCUT2D eigenvalue weighted by Gasteiger charge is -2.14. The van der Waals surface area contributed by atoms with Gasteiger partial charge in [0, 0.05) is 17.8 Å². The van der Waals surface area contributed by atoms with E-state index in [1.165, 1.54) is 45.6 Å². The minimum Gasteiger partial charge on any atom is -0.493 e. The van der Waals surface area contributed by atoms with Crippen molar-refractivity contribution in [1.82, 2.24) is 0 Å². The van der Waals surface area contributed by atoms with E-state index in [2.05, 4.69) is 5.32 Å². The number of hydrogen-bond acceptors (Lipinski definition) is 6. The molecule has 7 nitrogen and oxygen atoms in total. The SMILES string of the molecule is COc1cc(NC(=O)c2cc3cc(F)ccc3c(=O)o2)cc(OC)c1OC. The maximum absolute atomic E-state index is 13.4. The van der Waals surface area contributed by atoms with Crippen molar-refractivity contribution in [2.24, 2.45) is 0 Å². The second-order valence-electron chi connectivity index (χ2n) is 5.50. The summed E-state index contributed by atoms with van der Waals surface area (Å²) >= 11 is 0. The highest BCUT2D eigenvalue weighted by Gasteiger charge is 2.17. The maximum atomic E-state index is 13.4. The molecule has 1 aromatic heterocycles. The van der Waals surface area contributed by atoms with Gasteiger partial charge in [0.15, 0.2) is 17.3 Å². The van der Waals surface area contributed by atoms with Crippen molar-refractivity contribution in [3.8, 4) is 17.2 Å². The number of carbonyl (C=O) groups excluding carboxylic acids is 1. The Morgan fingerprint density at radius 2 is 1.67 bits per heavy atom. The van der Waals surface area contributed by atoms with E-state index in [1.807, 2.05) is 0 Å². The average molecular weight is 373 g/mol. The molecule has 1 amide bonds. The van der Waals surface area contributed by atoms with Crippen LogP contribution in [0.3, 0.4) is 0 Å². The zero-order valence-corrected chi connectivity index (χ0v) is 14.8. The van der Waals surface area contributed by atoms with Gasteiger partial charge >= 0.3 is 5.63 Å². The average Bonchev–Trinajstić information content (AvgIpc) is 2.66. The van der Waals surface area contributed by atoms with E-state index in [-0.39, 0.29) is 16.5 Å². The van der Waals surface area contributed by atoms with Gasteiger partial charge in [-0.05, 0) is 29.7 Å². The number of carbonyl (C=O) groups is 1. The molecule has 0 spiro atoms. The molecular formula is C19H16FNO6. The van der Waals surface area contributed by atoms with Crippen molar-refractivity contribution in [1.29, 1.82) is 0 Å². The summed E-state index contributed by atoms with van der Waals surface area (Å²) in [6.07, 6.45) is 0. The minimum absolute atomic E-state index is 0.181. The Labute approximate surface area is 153 Å². The molecule has 1 heterocycles. The van der Waals surface area contributed by atoms with Gasteiger partial charge in [-0.2, -0.15) is 0 Å². The Kier molecular flexibility index (Phi) is 4.98. The molecule has 0 atom stereocenters. The molecule has 0 fully saturated rings. The normalized spacial score (nSPS) is 10.5. The van der Waals surface area contributed by atoms with Crippen LogP contribution in [-0.2, 0) is 0 Å². The van der Waals surface area contributed by atoms with Crippen LogP contribution in [0.2, 0.25) is 0 Å². The Balaban J connectivity index is 1.98. The van der Waals surface area contributed by atoms with Gasteiger partial charge in [0.05, 0.1) is 26.7 Å². The summed E-state index contributed by atoms with van der Waals surface area (Å²) in [4.78, 5) is 24.5. The van der Waals surface area contributed by atoms with E-state index in [0.29, 0.717) is 22.9 Å². The lowest BCUT2D eigenvalue weighted by atomic mass is 10.1. The van der Waals surface area contributed by atoms with Crippen molar-refractivity contribution in [3.63, 3.8) is 0 Å². The zero-order chi connectivity index (χ0) is 19.6. The number of fused-ring (bicyclic) bond motifs is 1. The Morgan fingerprint density at radius 1 is 1.00 bits per heavy atom. The monoisotopic (exact) mass is 373 g/mol. The summed E-state index contributed by atoms with van der Waals surface area (Å²) in [5.41, 5.74) is -0.404. The number of benzene rings is 2. The molecule has 0 radical (unpaired) electrons. The highest BCUT2D eigenvalue weighted by atomic mass is 19.1. The fourth-order valence-electron chi connectivity index (χ4n) is 2.62. The summed E-state index contributed by atoms with van der Waals surface area (Å²) in [6, 6.07) is 7.96. The molecule has 1 N–H and O–H groups in total. The second kappa shape index (κ2) is 7.36. The topological polar surface area (TPSA) is 87.0 Å². The summed E-state index contributed by atoms with van der Waals surface area (Å²) in [7, 11) is 4.35. The molecule has 0 unspecified atom stereocenters. The molecule has 140 valence electrons. The summed E-state index contributed by atoms with van der Waals surface area (Å²) in [5, 5.41) is 3.03. The van der Waals surface area contributed by atoms with Crippen LogP contribution < -0.4 is 25.2 Å². The second-order valence-corrected chi connectivity index (χ2v) is 5.50. The first-order valence-corrected chi connectivity index (χ1v) is 7.81. The van der Waals surface area contributed by atoms with Crippen LogP contribution in [-0.4, -0.2) is 27.2 Å². The fraction of sp³-hybridized carbons (Fsp3) is 0.158. The van der Waals surface area contributed by atoms with Crippen molar-refractivity contribution >= 4 is 22.4 Å². The minimum atomic E-state index is -0.734. The van der Waals surface area contributed by atoms with Gasteiger partial charge in [-0.3, -0.25) is 4.79 Å². The van der Waals surface area contributed by atoms with Crippen LogP contribution in [0.15, 0.2) is 45.6 Å². The number of nitrogens with one attached hydrogen (secondary N) is 1. The van der Waals surface area contributed by atoms with E-state index in [1.54, 1.807) is 0 Å². The highest BCUT2D eigenvalue weighted by molar-refractivity contribution is 6.04. The van der Waals surface area contributed by atoms with Gasteiger partial charge in [0.1, 0.15) is 5.82 Å². The van der Waals surface area contributed by atoms with Gasteiger partial charge in [-0.1, -0.05) is 0 Å². The summed E-state index contributed by atoms with van der Waals surface area (Å²) in [6.45, 7) is 0. The van der Waals surface area contributed by atoms with Crippen LogP contribution in [0.25, 0.3) is 10.8 Å². The number of anilines is 1. The molecule has 2 aromatic carbocycles. The van der Waals surface area contributed by atoms with Crippen LogP contribution in [0.5, 0.6) is 17.2 Å². The van der Waals surface area contributed by atoms with Gasteiger partial charge in [-0.25, -0.2) is 9.18 Å². The van der Waals surface area contributed by atoms with Gasteiger partial charge in [0.2, 0.25) is 5.75 Å². The third-order valence-corrected chi connectivity index (χ3v) is 3.87. The number of ether oxygens (including phenoxy) is 3. The molecule has 0 aliphatic rings. The number of hydrogen-bond donors (Lipinski definition) is 1. The Morgan fingerprint density at radius 3 is 2.26 bits per heavy atom. The number of methoxy groups -OCH3 is 3. The van der Waals surface area contributed by atoms with E-state index in [0.717, 1.165) is 12.1 Å². The summed E-state index contributed by atoms with van der Waals surface area (Å²) < 4.78 is 34.1. The van der Waals surface area contributed by atoms with E-state index < -0.39 is 17.3 Å². The fourth-order valence-corrected chi connectivity index (χ4v) is 2.62. The Bertz CT molecular complexity index is 1050. The first kappa shape index (κ1) is 18.2. The zero-order valence-electron chi connectivity index (χ0n) is 14.8. The van der Waals surface area contributed by atoms with Crippen molar-refractivity contribution in [3.05, 3.63) is 58.4 Å². The molecule has 0 bridgehead atoms. The summed E-state index contributed by atoms with van der Waals surface area (Å²) in [5.74, 6) is -0.419. The standard InChI is InChI=1S/C19H16FNO6/c1-24-14-8-12(9-15(25-2)17(14)26-3)21-18(22)16-7-10-6-11(20)4-5-13(10)19(23)27-16/h4-9H,1-3H3,(H,21,22). The van der Waals surface area contributed by atoms with E-state index in [9.17, 15) is 14.0 Å². The molecular weight excluding hydrogens is 357 g/mol. The number of rotatable bonds is 5. The molecule has 27 heavy (non-hydrogen) atoms. The number of amides is 1. The highest BCUT2D eigenvalue weighted by Crippen LogP contribution is 2.40. The van der Waals surface area contributed by atoms with E-state index in [4.69, 9.17) is 18.6 Å². The van der Waals surface area contributed by atoms with Gasteiger partial charge in [0.25, 0.3) is 5.91 Å². The predicted molar refractivity (Wildman–Crippen MR) is 96.5 cm³/mol. The maximum Gasteiger partial charge on any atom is 0.344 e. The molecule has 3 aromatic rings. The first-order valence-electron chi connectivity index (χ1n) is 7.81. The lowest BCUT2D eigenvalue weighted by Crippen LogP contribution is -2.15. The predicted octanol–water partition coefficient (Wildman–Crippen LogP) is 3.21. The largest absolute Gasteiger partial charge is 0.493 e. The molecule has 8 heteroatoms. The van der Waals surface area contributed by atoms with Crippen LogP contribution in [0.1, 0.15) is 10.6 Å². The smallest absolute Gasteiger partial charge is 0.344 e. The van der Waals surface area contributed by atoms with Gasteiger partial charge in [-0.15, -0.1) is 0 Å². The molecule has 0 saturated carbocycles. The lowest BCUT2D eigenvalue weighted by molar-refractivity contribution is 0.0993. The van der Waals surface area contributed by atoms with Gasteiger partial charge < -0.3 is 23.9 Å². The third kappa shape index (κ3) is 3.55. The van der Waals surface area contributed by atoms with Crippen molar-refractivity contribution < 1.29 is 27.8 Å². The third-order valence-electron chi connectivity index (χ3n) is 3.87. The number of halogens is 1. The molecule has 0 saturated heterocycles. The van der Waals surface area contributed by atoms with E-state index >= 15 is 0 Å². The van der Waals surface area contributed by atoms with Crippen molar-refractivity contribution in [2.75, 3.05) is 26.6 Å². The van der Waals surface area contributed by atoms with Crippen LogP contribution in [0.4, 0.5) is 10.1 Å². The quantitative estimate of drug-likeness (QED) is 0.739. The Hall–Kier alpha value is -3.55. The molecule has 0 aliphatic carbocycles.